The molecule has 51 heavy (non-hydrogen) atoms. The molecule has 0 unspecified atom stereocenters. The SMILES string of the molecule is Cc1c(-c2cccc(-c3ccc(N(c4ccc(-c5ccccc5-c5ccccc5)cc4)c4cccc5ccccc45)cc3)c2)oc2ccccc12. The smallest absolute Gasteiger partial charge is 0.138 e. The van der Waals surface area contributed by atoms with Crippen LogP contribution in [0.3, 0.4) is 0 Å². The summed E-state index contributed by atoms with van der Waals surface area (Å²) in [6, 6.07) is 69.2. The van der Waals surface area contributed by atoms with Gasteiger partial charge in [-0.25, -0.2) is 0 Å². The van der Waals surface area contributed by atoms with Gasteiger partial charge in [0.1, 0.15) is 11.3 Å². The second-order valence-electron chi connectivity index (χ2n) is 13.0. The van der Waals surface area contributed by atoms with E-state index in [1.54, 1.807) is 0 Å². The largest absolute Gasteiger partial charge is 0.456 e. The van der Waals surface area contributed by atoms with Gasteiger partial charge < -0.3 is 9.32 Å². The number of aryl methyl sites for hydroxylation is 1. The second kappa shape index (κ2) is 13.0. The summed E-state index contributed by atoms with van der Waals surface area (Å²) in [5.41, 5.74) is 13.6. The molecule has 9 rings (SSSR count). The Morgan fingerprint density at radius 3 is 1.65 bits per heavy atom. The molecule has 0 aliphatic heterocycles. The van der Waals surface area contributed by atoms with Gasteiger partial charge in [-0.15, -0.1) is 0 Å². The fourth-order valence-corrected chi connectivity index (χ4v) is 7.32. The van der Waals surface area contributed by atoms with E-state index in [0.29, 0.717) is 0 Å². The van der Waals surface area contributed by atoms with Crippen LogP contribution >= 0.6 is 0 Å². The number of para-hydroxylation sites is 1. The molecule has 0 radical (unpaired) electrons. The zero-order chi connectivity index (χ0) is 34.1. The summed E-state index contributed by atoms with van der Waals surface area (Å²) in [7, 11) is 0. The van der Waals surface area contributed by atoms with Crippen LogP contribution in [0.15, 0.2) is 199 Å². The average Bonchev–Trinajstić information content (AvgIpc) is 3.55. The van der Waals surface area contributed by atoms with Crippen molar-refractivity contribution >= 4 is 38.8 Å². The molecule has 0 aliphatic carbocycles. The molecule has 9 aromatic rings. The van der Waals surface area contributed by atoms with Crippen LogP contribution in [0.1, 0.15) is 5.56 Å². The minimum atomic E-state index is 0.918. The highest BCUT2D eigenvalue weighted by Crippen LogP contribution is 2.41. The van der Waals surface area contributed by atoms with Crippen molar-refractivity contribution in [1.82, 2.24) is 0 Å². The Morgan fingerprint density at radius 1 is 0.392 bits per heavy atom. The van der Waals surface area contributed by atoms with Gasteiger partial charge in [-0.05, 0) is 88.2 Å². The summed E-state index contributed by atoms with van der Waals surface area (Å²) in [5, 5.41) is 3.57. The quantitative estimate of drug-likeness (QED) is 0.170. The molecule has 1 aromatic heterocycles. The van der Waals surface area contributed by atoms with E-state index >= 15 is 0 Å². The first-order valence-electron chi connectivity index (χ1n) is 17.4. The number of nitrogens with zero attached hydrogens (tertiary/aromatic N) is 1. The number of furan rings is 1. The Balaban J connectivity index is 1.10. The summed E-state index contributed by atoms with van der Waals surface area (Å²) in [5.74, 6) is 0.923. The topological polar surface area (TPSA) is 16.4 Å². The average molecular weight is 654 g/mol. The van der Waals surface area contributed by atoms with Crippen LogP contribution in [-0.2, 0) is 0 Å². The van der Waals surface area contributed by atoms with E-state index in [2.05, 4.69) is 194 Å². The predicted octanol–water partition coefficient (Wildman–Crippen LogP) is 14.0. The summed E-state index contributed by atoms with van der Waals surface area (Å²) < 4.78 is 6.32. The molecule has 2 nitrogen and oxygen atoms in total. The van der Waals surface area contributed by atoms with Crippen LogP contribution in [0.2, 0.25) is 0 Å². The highest BCUT2D eigenvalue weighted by atomic mass is 16.3. The van der Waals surface area contributed by atoms with Gasteiger partial charge in [0, 0.05) is 33.3 Å². The van der Waals surface area contributed by atoms with E-state index in [1.165, 1.54) is 38.6 Å². The Labute approximate surface area is 298 Å². The molecule has 0 bridgehead atoms. The number of rotatable bonds is 7. The normalized spacial score (nSPS) is 11.2. The van der Waals surface area contributed by atoms with Crippen LogP contribution in [0, 0.1) is 6.92 Å². The highest BCUT2D eigenvalue weighted by Gasteiger charge is 2.17. The predicted molar refractivity (Wildman–Crippen MR) is 215 cm³/mol. The van der Waals surface area contributed by atoms with Crippen molar-refractivity contribution in [1.29, 1.82) is 0 Å². The summed E-state index contributed by atoms with van der Waals surface area (Å²) in [6.07, 6.45) is 0. The van der Waals surface area contributed by atoms with Gasteiger partial charge in [0.15, 0.2) is 0 Å². The Bertz CT molecular complexity index is 2630. The molecule has 0 fully saturated rings. The Kier molecular flexibility index (Phi) is 7.75. The Morgan fingerprint density at radius 2 is 0.922 bits per heavy atom. The van der Waals surface area contributed by atoms with E-state index < -0.39 is 0 Å². The monoisotopic (exact) mass is 653 g/mol. The van der Waals surface area contributed by atoms with Crippen molar-refractivity contribution in [2.75, 3.05) is 4.90 Å². The van der Waals surface area contributed by atoms with Gasteiger partial charge >= 0.3 is 0 Å². The van der Waals surface area contributed by atoms with Gasteiger partial charge in [-0.2, -0.15) is 0 Å². The first kappa shape index (κ1) is 30.4. The van der Waals surface area contributed by atoms with Crippen molar-refractivity contribution in [3.8, 4) is 44.7 Å². The maximum Gasteiger partial charge on any atom is 0.138 e. The third-order valence-electron chi connectivity index (χ3n) is 9.88. The van der Waals surface area contributed by atoms with Gasteiger partial charge in [-0.1, -0.05) is 152 Å². The first-order chi connectivity index (χ1) is 25.2. The van der Waals surface area contributed by atoms with E-state index in [-0.39, 0.29) is 0 Å². The maximum absolute atomic E-state index is 6.32. The molecule has 0 saturated carbocycles. The molecule has 2 heteroatoms. The summed E-state index contributed by atoms with van der Waals surface area (Å²) >= 11 is 0. The molecule has 8 aromatic carbocycles. The molecule has 0 saturated heterocycles. The zero-order valence-electron chi connectivity index (χ0n) is 28.3. The van der Waals surface area contributed by atoms with E-state index in [1.807, 2.05) is 12.1 Å². The summed E-state index contributed by atoms with van der Waals surface area (Å²) in [6.45, 7) is 2.14. The maximum atomic E-state index is 6.32. The molecule has 0 spiro atoms. The third kappa shape index (κ3) is 5.67. The fourth-order valence-electron chi connectivity index (χ4n) is 7.32. The van der Waals surface area contributed by atoms with Crippen molar-refractivity contribution in [3.05, 3.63) is 200 Å². The van der Waals surface area contributed by atoms with Gasteiger partial charge in [0.05, 0.1) is 5.69 Å². The standard InChI is InChI=1S/C49H35NO/c1-34-43-19-9-10-24-48(43)51-49(34)40-18-11-17-39(33-40)35-25-29-41(30-26-35)50(47-23-12-16-37-15-5-6-22-46(37)47)42-31-27-38(28-32-42)45-21-8-7-20-44(45)36-13-3-2-4-14-36/h2-33H,1H3. The molecule has 242 valence electrons. The lowest BCUT2D eigenvalue weighted by molar-refractivity contribution is 0.629. The third-order valence-corrected chi connectivity index (χ3v) is 9.88. The van der Waals surface area contributed by atoms with Gasteiger partial charge in [-0.3, -0.25) is 0 Å². The highest BCUT2D eigenvalue weighted by molar-refractivity contribution is 5.99. The van der Waals surface area contributed by atoms with E-state index in [9.17, 15) is 0 Å². The minimum absolute atomic E-state index is 0.918. The van der Waals surface area contributed by atoms with Crippen molar-refractivity contribution in [2.45, 2.75) is 6.92 Å². The van der Waals surface area contributed by atoms with Crippen molar-refractivity contribution in [3.63, 3.8) is 0 Å². The summed E-state index contributed by atoms with van der Waals surface area (Å²) in [4.78, 5) is 2.37. The zero-order valence-corrected chi connectivity index (χ0v) is 28.3. The van der Waals surface area contributed by atoms with Gasteiger partial charge in [0.25, 0.3) is 0 Å². The van der Waals surface area contributed by atoms with Crippen LogP contribution in [-0.4, -0.2) is 0 Å². The Hall–Kier alpha value is -6.64. The molecular formula is C49H35NO. The van der Waals surface area contributed by atoms with E-state index in [4.69, 9.17) is 4.42 Å². The van der Waals surface area contributed by atoms with Crippen LogP contribution in [0.5, 0.6) is 0 Å². The van der Waals surface area contributed by atoms with Crippen molar-refractivity contribution in [2.24, 2.45) is 0 Å². The number of fused-ring (bicyclic) bond motifs is 2. The minimum Gasteiger partial charge on any atom is -0.456 e. The number of hydrogen-bond acceptors (Lipinski definition) is 2. The lowest BCUT2D eigenvalue weighted by Gasteiger charge is -2.27. The van der Waals surface area contributed by atoms with Gasteiger partial charge in [0.2, 0.25) is 0 Å². The number of benzene rings is 8. The molecule has 1 heterocycles. The molecule has 0 atom stereocenters. The van der Waals surface area contributed by atoms with Crippen LogP contribution in [0.4, 0.5) is 17.1 Å². The first-order valence-corrected chi connectivity index (χ1v) is 17.4. The second-order valence-corrected chi connectivity index (χ2v) is 13.0. The molecule has 0 aliphatic rings. The van der Waals surface area contributed by atoms with E-state index in [0.717, 1.165) is 50.5 Å². The molecule has 0 amide bonds. The fraction of sp³-hybridized carbons (Fsp3) is 0.0204. The number of hydrogen-bond donors (Lipinski definition) is 0. The van der Waals surface area contributed by atoms with Crippen molar-refractivity contribution < 1.29 is 4.42 Å². The molecule has 0 N–H and O–H groups in total. The molecular weight excluding hydrogens is 619 g/mol. The van der Waals surface area contributed by atoms with Crippen LogP contribution in [0.25, 0.3) is 66.4 Å². The van der Waals surface area contributed by atoms with Crippen LogP contribution < -0.4 is 4.90 Å². The lowest BCUT2D eigenvalue weighted by Crippen LogP contribution is -2.10. The lowest BCUT2D eigenvalue weighted by atomic mass is 9.94. The number of anilines is 3.